The number of fused-ring (bicyclic) bond motifs is 1. The molecule has 0 spiro atoms. The zero-order chi connectivity index (χ0) is 42.5. The van der Waals surface area contributed by atoms with E-state index in [1.165, 1.54) is 6.92 Å². The van der Waals surface area contributed by atoms with Crippen LogP contribution in [0.1, 0.15) is 74.7 Å². The lowest BCUT2D eigenvalue weighted by Crippen LogP contribution is -2.60. The Hall–Kier alpha value is -3.80. The summed E-state index contributed by atoms with van der Waals surface area (Å²) in [6.45, 7) is 16.0. The highest BCUT2D eigenvalue weighted by Gasteiger charge is 2.58. The number of Topliss-reactive ketones (excluding diaryl/α,β-unsaturated/α-hetero) is 1. The van der Waals surface area contributed by atoms with Crippen molar-refractivity contribution in [2.45, 2.75) is 141 Å². The molecule has 13 atom stereocenters. The maximum atomic E-state index is 14.4. The Morgan fingerprint density at radius 3 is 2.45 bits per heavy atom. The molecule has 1 amide bonds. The summed E-state index contributed by atoms with van der Waals surface area (Å²) in [5, 5.41) is 23.5. The van der Waals surface area contributed by atoms with Crippen molar-refractivity contribution in [1.29, 1.82) is 0 Å². The Kier molecular flexibility index (Phi) is 14.9. The molecule has 3 unspecified atom stereocenters. The van der Waals surface area contributed by atoms with Crippen LogP contribution >= 0.6 is 0 Å². The Morgan fingerprint density at radius 2 is 1.79 bits per heavy atom. The summed E-state index contributed by atoms with van der Waals surface area (Å²) in [6.07, 6.45) is 4.14. The van der Waals surface area contributed by atoms with E-state index < -0.39 is 71.5 Å². The summed E-state index contributed by atoms with van der Waals surface area (Å²) >= 11 is 0. The number of nitrogens with zero attached hydrogens (tertiary/aromatic N) is 6. The van der Waals surface area contributed by atoms with Gasteiger partial charge in [-0.15, -0.1) is 5.10 Å². The highest BCUT2D eigenvalue weighted by atomic mass is 16.7. The number of aromatic nitrogens is 4. The van der Waals surface area contributed by atoms with Crippen LogP contribution in [-0.4, -0.2) is 147 Å². The Balaban J connectivity index is 1.41. The van der Waals surface area contributed by atoms with Crippen molar-refractivity contribution < 1.29 is 43.2 Å². The van der Waals surface area contributed by atoms with Crippen molar-refractivity contribution in [1.82, 2.24) is 35.1 Å². The molecule has 0 radical (unpaired) electrons. The van der Waals surface area contributed by atoms with E-state index in [1.807, 2.05) is 83.2 Å². The number of hydrogen-bond donors (Lipinski definition) is 2. The fourth-order valence-electron chi connectivity index (χ4n) is 9.01. The van der Waals surface area contributed by atoms with Gasteiger partial charge in [0.15, 0.2) is 17.7 Å². The summed E-state index contributed by atoms with van der Waals surface area (Å²) in [6, 6.07) is 4.48. The van der Waals surface area contributed by atoms with Gasteiger partial charge in [-0.3, -0.25) is 19.5 Å². The molecule has 0 saturated carbocycles. The van der Waals surface area contributed by atoms with E-state index in [4.69, 9.17) is 23.7 Å². The third-order valence-electron chi connectivity index (χ3n) is 12.3. The van der Waals surface area contributed by atoms with E-state index >= 15 is 0 Å². The number of esters is 1. The molecule has 16 heteroatoms. The summed E-state index contributed by atoms with van der Waals surface area (Å²) in [5.74, 6) is -3.20. The van der Waals surface area contributed by atoms with E-state index in [0.29, 0.717) is 38.0 Å². The third-order valence-corrected chi connectivity index (χ3v) is 12.3. The first kappa shape index (κ1) is 45.3. The van der Waals surface area contributed by atoms with E-state index in [-0.39, 0.29) is 30.7 Å². The number of cyclic esters (lactones) is 1. The first-order valence-electron chi connectivity index (χ1n) is 20.6. The quantitative estimate of drug-likeness (QED) is 0.201. The number of ketones is 1. The molecule has 2 N–H and O–H groups in total. The van der Waals surface area contributed by atoms with Crippen molar-refractivity contribution >= 4 is 17.8 Å². The Labute approximate surface area is 342 Å². The molecule has 3 fully saturated rings. The second-order valence-corrected chi connectivity index (χ2v) is 17.1. The van der Waals surface area contributed by atoms with Crippen molar-refractivity contribution in [3.63, 3.8) is 0 Å². The largest absolute Gasteiger partial charge is 0.458 e. The average Bonchev–Trinajstić information content (AvgIpc) is 3.77. The summed E-state index contributed by atoms with van der Waals surface area (Å²) < 4.78 is 33.1. The number of carbonyl (C=O) groups excluding carboxylic acids is 3. The molecule has 0 aromatic carbocycles. The molecule has 5 heterocycles. The van der Waals surface area contributed by atoms with E-state index in [2.05, 4.69) is 27.5 Å². The van der Waals surface area contributed by atoms with Crippen molar-refractivity contribution in [2.24, 2.45) is 17.8 Å². The molecular formula is C42H65N7O9. The van der Waals surface area contributed by atoms with Crippen LogP contribution < -0.4 is 5.32 Å². The number of carbonyl (C=O) groups is 3. The van der Waals surface area contributed by atoms with Gasteiger partial charge in [0, 0.05) is 37.9 Å². The number of ether oxygens (including phenoxy) is 5. The van der Waals surface area contributed by atoms with Gasteiger partial charge in [-0.25, -0.2) is 9.48 Å². The van der Waals surface area contributed by atoms with Crippen molar-refractivity contribution in [2.75, 3.05) is 34.3 Å². The molecule has 3 aliphatic heterocycles. The van der Waals surface area contributed by atoms with Gasteiger partial charge in [-0.1, -0.05) is 44.2 Å². The molecular weight excluding hydrogens is 747 g/mol. The van der Waals surface area contributed by atoms with Crippen LogP contribution in [0.4, 0.5) is 4.79 Å². The minimum atomic E-state index is -1.26. The fraction of sp³-hybridized carbons (Fsp3) is 0.714. The number of aliphatic hydroxyl groups is 1. The molecule has 0 aliphatic carbocycles. The molecule has 58 heavy (non-hydrogen) atoms. The van der Waals surface area contributed by atoms with Crippen LogP contribution in [0.15, 0.2) is 42.7 Å². The molecule has 2 aromatic heterocycles. The molecule has 5 rings (SSSR count). The van der Waals surface area contributed by atoms with Crippen LogP contribution in [0.25, 0.3) is 11.4 Å². The smallest absolute Gasteiger partial charge is 0.411 e. The fourth-order valence-corrected chi connectivity index (χ4v) is 9.01. The first-order chi connectivity index (χ1) is 27.4. The highest BCUT2D eigenvalue weighted by molar-refractivity contribution is 6.00. The molecule has 0 bridgehead atoms. The van der Waals surface area contributed by atoms with E-state index in [1.54, 1.807) is 36.7 Å². The lowest BCUT2D eigenvalue weighted by Gasteiger charge is -2.46. The molecule has 2 aromatic rings. The number of allylic oxidation sites excluding steroid dienone is 1. The van der Waals surface area contributed by atoms with Crippen LogP contribution in [0.2, 0.25) is 0 Å². The number of nitrogens with one attached hydrogen (secondary N) is 1. The second kappa shape index (κ2) is 19.1. The van der Waals surface area contributed by atoms with Crippen LogP contribution in [0, 0.1) is 17.8 Å². The predicted octanol–water partition coefficient (Wildman–Crippen LogP) is 3.87. The van der Waals surface area contributed by atoms with Crippen molar-refractivity contribution in [3.8, 4) is 11.4 Å². The van der Waals surface area contributed by atoms with Gasteiger partial charge < -0.3 is 39.0 Å². The molecule has 3 aliphatic rings. The monoisotopic (exact) mass is 811 g/mol. The Bertz CT molecular complexity index is 1730. The predicted molar refractivity (Wildman–Crippen MR) is 215 cm³/mol. The Morgan fingerprint density at radius 1 is 1.07 bits per heavy atom. The SMILES string of the molecule is CC[C@H]1OC(=O)[C@H](C)C(=O)[C@H](C)[C@@H](O[C@@H]2OC(C)CC(N(C)C)C2O)[C@](C)(OC)C[C@@H](C)CN[C@H](C)[C@H]2N(C/C=C/Cn3cc(-c4ccccn4)nn3)C(=O)O[C@]12C. The van der Waals surface area contributed by atoms with E-state index in [0.717, 1.165) is 5.69 Å². The minimum absolute atomic E-state index is 0.0230. The molecule has 16 nitrogen and oxygen atoms in total. The standard InChI is InChI=1S/C42H65N7O9/c1-12-33-42(8)36(49(40(53)58-42)20-16-15-19-48-24-31(45-46-48)30-17-13-14-18-43-30)29(6)44-23-25(2)22-41(7,54-11)37(27(4)34(50)28(5)38(52)56-33)57-39-35(51)32(47(9)10)21-26(3)55-39/h13-18,24-29,32-33,35-37,39,44,51H,12,19-23H2,1-11H3/b16-15+/t25-,26?,27+,28-,29-,32?,33-,35?,36-,37-,39+,41-,42-/m1/s1. The number of rotatable bonds is 10. The van der Waals surface area contributed by atoms with Crippen molar-refractivity contribution in [3.05, 3.63) is 42.7 Å². The van der Waals surface area contributed by atoms with Crippen LogP contribution in [-0.2, 0) is 39.8 Å². The topological polar surface area (TPSA) is 180 Å². The van der Waals surface area contributed by atoms with Gasteiger partial charge in [0.2, 0.25) is 0 Å². The summed E-state index contributed by atoms with van der Waals surface area (Å²) in [7, 11) is 5.38. The second-order valence-electron chi connectivity index (χ2n) is 17.1. The van der Waals surface area contributed by atoms with Crippen LogP contribution in [0.5, 0.6) is 0 Å². The zero-order valence-corrected chi connectivity index (χ0v) is 36.0. The summed E-state index contributed by atoms with van der Waals surface area (Å²) in [5.41, 5.74) is -0.934. The zero-order valence-electron chi connectivity index (χ0n) is 36.0. The highest BCUT2D eigenvalue weighted by Crippen LogP contribution is 2.40. The number of methoxy groups -OCH3 is 1. The van der Waals surface area contributed by atoms with Gasteiger partial charge in [-0.2, -0.15) is 0 Å². The average molecular weight is 812 g/mol. The summed E-state index contributed by atoms with van der Waals surface area (Å²) in [4.78, 5) is 50.0. The van der Waals surface area contributed by atoms with Gasteiger partial charge in [-0.05, 0) is 92.6 Å². The van der Waals surface area contributed by atoms with Gasteiger partial charge in [0.25, 0.3) is 0 Å². The lowest BCUT2D eigenvalue weighted by molar-refractivity contribution is -0.295. The lowest BCUT2D eigenvalue weighted by atomic mass is 9.78. The van der Waals surface area contributed by atoms with Gasteiger partial charge >= 0.3 is 12.1 Å². The molecule has 322 valence electrons. The molecule has 3 saturated heterocycles. The first-order valence-corrected chi connectivity index (χ1v) is 20.6. The maximum absolute atomic E-state index is 14.4. The van der Waals surface area contributed by atoms with Gasteiger partial charge in [0.05, 0.1) is 42.3 Å². The van der Waals surface area contributed by atoms with E-state index in [9.17, 15) is 19.5 Å². The normalized spacial score (nSPS) is 37.0. The van der Waals surface area contributed by atoms with Gasteiger partial charge in [0.1, 0.15) is 23.8 Å². The van der Waals surface area contributed by atoms with Crippen LogP contribution in [0.3, 0.4) is 0 Å². The number of amides is 1. The minimum Gasteiger partial charge on any atom is -0.458 e. The maximum Gasteiger partial charge on any atom is 0.411 e. The number of hydrogen-bond acceptors (Lipinski definition) is 14. The number of pyridine rings is 1. The third kappa shape index (κ3) is 9.79. The number of likely N-dealkylation sites (N-methyl/N-ethyl adjacent to an activating group) is 1. The number of aliphatic hydroxyl groups excluding tert-OH is 1.